The van der Waals surface area contributed by atoms with E-state index in [9.17, 15) is 4.39 Å². The Morgan fingerprint density at radius 3 is 2.79 bits per heavy atom. The van der Waals surface area contributed by atoms with Gasteiger partial charge in [0.25, 0.3) is 0 Å². The van der Waals surface area contributed by atoms with Crippen molar-refractivity contribution >= 4 is 17.3 Å². The summed E-state index contributed by atoms with van der Waals surface area (Å²) in [6.45, 7) is 2.87. The molecule has 0 saturated carbocycles. The van der Waals surface area contributed by atoms with E-state index in [0.29, 0.717) is 23.7 Å². The molecule has 2 rings (SSSR count). The van der Waals surface area contributed by atoms with Crippen LogP contribution in [0.2, 0.25) is 5.02 Å². The van der Waals surface area contributed by atoms with Crippen molar-refractivity contribution in [1.82, 2.24) is 0 Å². The molecule has 0 aliphatic heterocycles. The van der Waals surface area contributed by atoms with Crippen LogP contribution in [-0.4, -0.2) is 6.61 Å². The topological polar surface area (TPSA) is 21.3 Å². The van der Waals surface area contributed by atoms with Crippen molar-refractivity contribution < 1.29 is 9.13 Å². The van der Waals surface area contributed by atoms with Gasteiger partial charge in [-0.1, -0.05) is 23.7 Å². The molecule has 0 atom stereocenters. The number of ether oxygens (including phenoxy) is 1. The van der Waals surface area contributed by atoms with E-state index < -0.39 is 0 Å². The highest BCUT2D eigenvalue weighted by atomic mass is 35.5. The molecule has 0 aliphatic rings. The van der Waals surface area contributed by atoms with E-state index in [-0.39, 0.29) is 5.82 Å². The molecule has 0 fully saturated rings. The summed E-state index contributed by atoms with van der Waals surface area (Å²) in [4.78, 5) is 0. The van der Waals surface area contributed by atoms with Crippen molar-refractivity contribution in [2.75, 3.05) is 11.9 Å². The van der Waals surface area contributed by atoms with E-state index in [1.807, 2.05) is 31.2 Å². The maximum absolute atomic E-state index is 13.6. The fourth-order valence-electron chi connectivity index (χ4n) is 1.76. The minimum Gasteiger partial charge on any atom is -0.492 e. The Balaban J connectivity index is 2.12. The Kier molecular flexibility index (Phi) is 4.63. The number of anilines is 1. The molecule has 4 heteroatoms. The summed E-state index contributed by atoms with van der Waals surface area (Å²) in [5, 5.41) is 3.68. The average molecular weight is 280 g/mol. The third kappa shape index (κ3) is 3.61. The van der Waals surface area contributed by atoms with Crippen molar-refractivity contribution in [1.29, 1.82) is 0 Å². The summed E-state index contributed by atoms with van der Waals surface area (Å²) in [7, 11) is 0. The number of hydrogen-bond donors (Lipinski definition) is 1. The molecule has 0 aliphatic carbocycles. The fraction of sp³-hybridized carbons (Fsp3) is 0.200. The Labute approximate surface area is 117 Å². The van der Waals surface area contributed by atoms with Gasteiger partial charge in [-0.05, 0) is 37.3 Å². The van der Waals surface area contributed by atoms with Crippen molar-refractivity contribution in [2.45, 2.75) is 13.5 Å². The van der Waals surface area contributed by atoms with Gasteiger partial charge in [0.1, 0.15) is 11.6 Å². The lowest BCUT2D eigenvalue weighted by molar-refractivity contribution is 0.341. The molecule has 0 saturated heterocycles. The zero-order valence-corrected chi connectivity index (χ0v) is 11.4. The summed E-state index contributed by atoms with van der Waals surface area (Å²) in [5.74, 6) is 0.484. The monoisotopic (exact) mass is 279 g/mol. The number of benzene rings is 2. The lowest BCUT2D eigenvalue weighted by Gasteiger charge is -2.12. The molecule has 2 aromatic rings. The lowest BCUT2D eigenvalue weighted by Crippen LogP contribution is -2.04. The summed E-state index contributed by atoms with van der Waals surface area (Å²) in [5.41, 5.74) is 1.36. The Morgan fingerprint density at radius 1 is 1.21 bits per heavy atom. The molecule has 0 radical (unpaired) electrons. The van der Waals surface area contributed by atoms with Crippen LogP contribution in [-0.2, 0) is 6.54 Å². The van der Waals surface area contributed by atoms with Crippen molar-refractivity contribution in [3.8, 4) is 5.75 Å². The Morgan fingerprint density at radius 2 is 2.00 bits per heavy atom. The van der Waals surface area contributed by atoms with Gasteiger partial charge in [-0.15, -0.1) is 0 Å². The predicted molar refractivity (Wildman–Crippen MR) is 76.3 cm³/mol. The van der Waals surface area contributed by atoms with E-state index in [1.165, 1.54) is 12.1 Å². The van der Waals surface area contributed by atoms with Crippen LogP contribution in [0.15, 0.2) is 42.5 Å². The first-order valence-electron chi connectivity index (χ1n) is 6.10. The molecule has 0 aromatic heterocycles. The molecule has 0 amide bonds. The van der Waals surface area contributed by atoms with Crippen molar-refractivity contribution in [3.63, 3.8) is 0 Å². The quantitative estimate of drug-likeness (QED) is 0.871. The van der Waals surface area contributed by atoms with Crippen molar-refractivity contribution in [3.05, 3.63) is 58.9 Å². The van der Waals surface area contributed by atoms with Gasteiger partial charge < -0.3 is 10.1 Å². The van der Waals surface area contributed by atoms with Gasteiger partial charge in [-0.2, -0.15) is 0 Å². The predicted octanol–water partition coefficient (Wildman–Crippen LogP) is 4.49. The summed E-state index contributed by atoms with van der Waals surface area (Å²) in [6.07, 6.45) is 0. The zero-order valence-electron chi connectivity index (χ0n) is 10.6. The first-order valence-corrected chi connectivity index (χ1v) is 6.48. The van der Waals surface area contributed by atoms with Gasteiger partial charge in [0, 0.05) is 17.1 Å². The van der Waals surface area contributed by atoms with Gasteiger partial charge in [-0.3, -0.25) is 0 Å². The Bertz CT molecular complexity index is 560. The second-order valence-electron chi connectivity index (χ2n) is 4.02. The van der Waals surface area contributed by atoms with Crippen molar-refractivity contribution in [2.24, 2.45) is 0 Å². The minimum absolute atomic E-state index is 0.272. The average Bonchev–Trinajstić information content (AvgIpc) is 2.42. The number of halogens is 2. The minimum atomic E-state index is -0.272. The molecule has 0 heterocycles. The highest BCUT2D eigenvalue weighted by Gasteiger charge is 2.05. The molecule has 2 nitrogen and oxygen atoms in total. The van der Waals surface area contributed by atoms with Gasteiger partial charge in [0.15, 0.2) is 0 Å². The van der Waals surface area contributed by atoms with E-state index in [1.54, 1.807) is 6.07 Å². The number of nitrogens with one attached hydrogen (secondary N) is 1. The zero-order chi connectivity index (χ0) is 13.7. The highest BCUT2D eigenvalue weighted by molar-refractivity contribution is 6.30. The lowest BCUT2D eigenvalue weighted by atomic mass is 10.2. The van der Waals surface area contributed by atoms with Crippen LogP contribution in [0.3, 0.4) is 0 Å². The second kappa shape index (κ2) is 6.43. The van der Waals surface area contributed by atoms with Crippen LogP contribution in [0.4, 0.5) is 10.1 Å². The van der Waals surface area contributed by atoms with Crippen LogP contribution >= 0.6 is 11.6 Å². The first kappa shape index (κ1) is 13.7. The number of rotatable bonds is 5. The molecular formula is C15H15ClFNO. The fourth-order valence-corrected chi connectivity index (χ4v) is 1.96. The largest absolute Gasteiger partial charge is 0.492 e. The van der Waals surface area contributed by atoms with Gasteiger partial charge in [0.2, 0.25) is 0 Å². The summed E-state index contributed by atoms with van der Waals surface area (Å²) in [6, 6.07) is 12.1. The maximum atomic E-state index is 13.6. The van der Waals surface area contributed by atoms with E-state index >= 15 is 0 Å². The van der Waals surface area contributed by atoms with Crippen LogP contribution in [0.25, 0.3) is 0 Å². The second-order valence-corrected chi connectivity index (χ2v) is 4.45. The van der Waals surface area contributed by atoms with Crippen LogP contribution in [0, 0.1) is 5.82 Å². The molecule has 0 spiro atoms. The molecule has 19 heavy (non-hydrogen) atoms. The number of hydrogen-bond acceptors (Lipinski definition) is 2. The third-order valence-electron chi connectivity index (χ3n) is 2.66. The molecule has 100 valence electrons. The third-order valence-corrected chi connectivity index (χ3v) is 2.90. The van der Waals surface area contributed by atoms with Gasteiger partial charge in [-0.25, -0.2) is 4.39 Å². The highest BCUT2D eigenvalue weighted by Crippen LogP contribution is 2.25. The number of para-hydroxylation sites is 2. The molecule has 1 N–H and O–H groups in total. The first-order chi connectivity index (χ1) is 9.20. The molecular weight excluding hydrogens is 265 g/mol. The van der Waals surface area contributed by atoms with Crippen LogP contribution in [0.5, 0.6) is 5.75 Å². The summed E-state index contributed by atoms with van der Waals surface area (Å²) >= 11 is 5.86. The SMILES string of the molecule is CCOc1ccccc1NCc1cc(Cl)ccc1F. The van der Waals surface area contributed by atoms with Crippen LogP contribution < -0.4 is 10.1 Å². The standard InChI is InChI=1S/C15H15ClFNO/c1-2-19-15-6-4-3-5-14(15)18-10-11-9-12(16)7-8-13(11)17/h3-9,18H,2,10H2,1H3. The van der Waals surface area contributed by atoms with E-state index in [4.69, 9.17) is 16.3 Å². The van der Waals surface area contributed by atoms with Crippen LogP contribution in [0.1, 0.15) is 12.5 Å². The van der Waals surface area contributed by atoms with Gasteiger partial charge in [0.05, 0.1) is 12.3 Å². The normalized spacial score (nSPS) is 10.3. The summed E-state index contributed by atoms with van der Waals surface area (Å²) < 4.78 is 19.1. The van der Waals surface area contributed by atoms with Gasteiger partial charge >= 0.3 is 0 Å². The molecule has 2 aromatic carbocycles. The smallest absolute Gasteiger partial charge is 0.142 e. The Hall–Kier alpha value is -1.74. The van der Waals surface area contributed by atoms with E-state index in [0.717, 1.165) is 11.4 Å². The van der Waals surface area contributed by atoms with E-state index in [2.05, 4.69) is 5.32 Å². The molecule has 0 unspecified atom stereocenters. The molecule has 0 bridgehead atoms. The maximum Gasteiger partial charge on any atom is 0.142 e.